The van der Waals surface area contributed by atoms with Gasteiger partial charge in [0.25, 0.3) is 0 Å². The maximum atomic E-state index is 11.2. The number of ether oxygens (including phenoxy) is 1. The molecular weight excluding hydrogens is 336 g/mol. The summed E-state index contributed by atoms with van der Waals surface area (Å²) >= 11 is 0. The topological polar surface area (TPSA) is 84.9 Å². The molecule has 8 nitrogen and oxygen atoms in total. The lowest BCUT2D eigenvalue weighted by atomic mass is 10.1. The van der Waals surface area contributed by atoms with Crippen molar-refractivity contribution in [3.05, 3.63) is 50.9 Å². The summed E-state index contributed by atoms with van der Waals surface area (Å²) in [4.78, 5) is 15.5. The van der Waals surface area contributed by atoms with Crippen LogP contribution in [-0.4, -0.2) is 53.2 Å². The Morgan fingerprint density at radius 1 is 1.19 bits per heavy atom. The standard InChI is InChI=1S/C18H24N4O4/c1-13-16(14(2)26-19-13)12-21-8-6-20(7-9-21)11-15-4-5-18(25-3)17(10-15)22(23)24/h4-5,10H,6-9,11-12H2,1-3H3. The Hall–Kier alpha value is -2.45. The van der Waals surface area contributed by atoms with Gasteiger partial charge in [0.05, 0.1) is 17.7 Å². The normalized spacial score (nSPS) is 16.0. The van der Waals surface area contributed by atoms with Crippen LogP contribution in [0.3, 0.4) is 0 Å². The number of piperazine rings is 1. The van der Waals surface area contributed by atoms with Gasteiger partial charge in [-0.15, -0.1) is 0 Å². The van der Waals surface area contributed by atoms with E-state index in [1.165, 1.54) is 12.7 Å². The molecular formula is C18H24N4O4. The van der Waals surface area contributed by atoms with E-state index in [2.05, 4.69) is 15.0 Å². The number of benzene rings is 1. The number of aryl methyl sites for hydroxylation is 2. The minimum absolute atomic E-state index is 0.0158. The summed E-state index contributed by atoms with van der Waals surface area (Å²) in [5.41, 5.74) is 3.07. The number of hydrogen-bond donors (Lipinski definition) is 0. The molecule has 8 heteroatoms. The van der Waals surface area contributed by atoms with Gasteiger partial charge in [-0.2, -0.15) is 0 Å². The van der Waals surface area contributed by atoms with Gasteiger partial charge in [0.1, 0.15) is 5.76 Å². The minimum atomic E-state index is -0.399. The maximum absolute atomic E-state index is 11.2. The van der Waals surface area contributed by atoms with Crippen LogP contribution in [0.25, 0.3) is 0 Å². The molecule has 3 rings (SSSR count). The number of methoxy groups -OCH3 is 1. The van der Waals surface area contributed by atoms with E-state index in [4.69, 9.17) is 9.26 Å². The maximum Gasteiger partial charge on any atom is 0.311 e. The molecule has 0 amide bonds. The van der Waals surface area contributed by atoms with Crippen LogP contribution >= 0.6 is 0 Å². The fraction of sp³-hybridized carbons (Fsp3) is 0.500. The lowest BCUT2D eigenvalue weighted by molar-refractivity contribution is -0.385. The highest BCUT2D eigenvalue weighted by atomic mass is 16.6. The highest BCUT2D eigenvalue weighted by Gasteiger charge is 2.21. The predicted octanol–water partition coefficient (Wildman–Crippen LogP) is 2.53. The third-order valence-corrected chi connectivity index (χ3v) is 4.87. The van der Waals surface area contributed by atoms with Crippen molar-refractivity contribution >= 4 is 5.69 Å². The molecule has 0 atom stereocenters. The van der Waals surface area contributed by atoms with E-state index in [0.29, 0.717) is 12.3 Å². The zero-order valence-electron chi connectivity index (χ0n) is 15.4. The Labute approximate surface area is 152 Å². The first kappa shape index (κ1) is 18.3. The van der Waals surface area contributed by atoms with Crippen LogP contribution in [0.5, 0.6) is 5.75 Å². The number of rotatable bonds is 6. The Bertz CT molecular complexity index is 762. The van der Waals surface area contributed by atoms with Crippen molar-refractivity contribution in [2.75, 3.05) is 33.3 Å². The molecule has 0 aliphatic carbocycles. The Morgan fingerprint density at radius 3 is 2.38 bits per heavy atom. The Balaban J connectivity index is 1.57. The van der Waals surface area contributed by atoms with Gasteiger partial charge < -0.3 is 9.26 Å². The molecule has 1 aliphatic heterocycles. The van der Waals surface area contributed by atoms with Crippen molar-refractivity contribution in [1.82, 2.24) is 15.0 Å². The molecule has 1 aliphatic rings. The highest BCUT2D eigenvalue weighted by Crippen LogP contribution is 2.28. The van der Waals surface area contributed by atoms with E-state index < -0.39 is 4.92 Å². The van der Waals surface area contributed by atoms with Crippen molar-refractivity contribution < 1.29 is 14.2 Å². The molecule has 0 bridgehead atoms. The summed E-state index contributed by atoms with van der Waals surface area (Å²) in [6, 6.07) is 5.16. The molecule has 0 saturated carbocycles. The van der Waals surface area contributed by atoms with Gasteiger partial charge in [-0.05, 0) is 25.5 Å². The lowest BCUT2D eigenvalue weighted by Crippen LogP contribution is -2.45. The average molecular weight is 360 g/mol. The zero-order valence-corrected chi connectivity index (χ0v) is 15.4. The zero-order chi connectivity index (χ0) is 18.7. The number of nitrogens with zero attached hydrogens (tertiary/aromatic N) is 4. The lowest BCUT2D eigenvalue weighted by Gasteiger charge is -2.34. The van der Waals surface area contributed by atoms with Gasteiger partial charge in [-0.25, -0.2) is 0 Å². The van der Waals surface area contributed by atoms with Crippen LogP contribution in [0.2, 0.25) is 0 Å². The van der Waals surface area contributed by atoms with Crippen molar-refractivity contribution in [2.45, 2.75) is 26.9 Å². The van der Waals surface area contributed by atoms with E-state index in [1.54, 1.807) is 12.1 Å². The van der Waals surface area contributed by atoms with Gasteiger partial charge in [-0.1, -0.05) is 11.2 Å². The predicted molar refractivity (Wildman–Crippen MR) is 96.2 cm³/mol. The third kappa shape index (κ3) is 4.03. The van der Waals surface area contributed by atoms with Gasteiger partial charge in [-0.3, -0.25) is 19.9 Å². The van der Waals surface area contributed by atoms with Gasteiger partial charge in [0.2, 0.25) is 0 Å². The van der Waals surface area contributed by atoms with Crippen LogP contribution in [0.15, 0.2) is 22.7 Å². The van der Waals surface area contributed by atoms with Crippen molar-refractivity contribution in [3.8, 4) is 5.75 Å². The summed E-state index contributed by atoms with van der Waals surface area (Å²) in [5, 5.41) is 15.2. The number of nitro benzene ring substituents is 1. The number of hydrogen-bond acceptors (Lipinski definition) is 7. The SMILES string of the molecule is COc1ccc(CN2CCN(Cc3c(C)noc3C)CC2)cc1[N+](=O)[O-]. The molecule has 2 heterocycles. The summed E-state index contributed by atoms with van der Waals surface area (Å²) < 4.78 is 10.3. The van der Waals surface area contributed by atoms with E-state index in [1.807, 2.05) is 19.9 Å². The molecule has 1 fully saturated rings. The second-order valence-corrected chi connectivity index (χ2v) is 6.62. The summed E-state index contributed by atoms with van der Waals surface area (Å²) in [7, 11) is 1.44. The first-order valence-electron chi connectivity index (χ1n) is 8.65. The third-order valence-electron chi connectivity index (χ3n) is 4.87. The fourth-order valence-electron chi connectivity index (χ4n) is 3.29. The molecule has 0 unspecified atom stereocenters. The van der Waals surface area contributed by atoms with Crippen molar-refractivity contribution in [3.63, 3.8) is 0 Å². The summed E-state index contributed by atoms with van der Waals surface area (Å²) in [5.74, 6) is 1.18. The van der Waals surface area contributed by atoms with Gasteiger partial charge in [0.15, 0.2) is 5.75 Å². The molecule has 140 valence electrons. The van der Waals surface area contributed by atoms with Crippen molar-refractivity contribution in [1.29, 1.82) is 0 Å². The van der Waals surface area contributed by atoms with E-state index in [0.717, 1.165) is 49.7 Å². The average Bonchev–Trinajstić information content (AvgIpc) is 2.95. The minimum Gasteiger partial charge on any atom is -0.490 e. The van der Waals surface area contributed by atoms with Crippen LogP contribution in [0, 0.1) is 24.0 Å². The van der Waals surface area contributed by atoms with Gasteiger partial charge in [0, 0.05) is 50.9 Å². The van der Waals surface area contributed by atoms with E-state index >= 15 is 0 Å². The van der Waals surface area contributed by atoms with Crippen LogP contribution < -0.4 is 4.74 Å². The highest BCUT2D eigenvalue weighted by molar-refractivity contribution is 5.48. The second-order valence-electron chi connectivity index (χ2n) is 6.62. The van der Waals surface area contributed by atoms with E-state index in [-0.39, 0.29) is 5.69 Å². The van der Waals surface area contributed by atoms with Gasteiger partial charge >= 0.3 is 5.69 Å². The molecule has 0 spiro atoms. The number of nitro groups is 1. The fourth-order valence-corrected chi connectivity index (χ4v) is 3.29. The molecule has 2 aromatic rings. The number of aromatic nitrogens is 1. The summed E-state index contributed by atoms with van der Waals surface area (Å²) in [6.07, 6.45) is 0. The molecule has 26 heavy (non-hydrogen) atoms. The summed E-state index contributed by atoms with van der Waals surface area (Å²) in [6.45, 7) is 9.20. The quantitative estimate of drug-likeness (QED) is 0.578. The largest absolute Gasteiger partial charge is 0.490 e. The van der Waals surface area contributed by atoms with Crippen LogP contribution in [0.4, 0.5) is 5.69 Å². The van der Waals surface area contributed by atoms with Crippen LogP contribution in [-0.2, 0) is 13.1 Å². The monoisotopic (exact) mass is 360 g/mol. The second kappa shape index (κ2) is 7.84. The molecule has 1 aromatic carbocycles. The first-order chi connectivity index (χ1) is 12.5. The molecule has 0 N–H and O–H groups in total. The van der Waals surface area contributed by atoms with Crippen molar-refractivity contribution in [2.24, 2.45) is 0 Å². The molecule has 1 aromatic heterocycles. The van der Waals surface area contributed by atoms with Crippen LogP contribution in [0.1, 0.15) is 22.6 Å². The molecule has 0 radical (unpaired) electrons. The smallest absolute Gasteiger partial charge is 0.311 e. The Kier molecular flexibility index (Phi) is 5.53. The van der Waals surface area contributed by atoms with E-state index in [9.17, 15) is 10.1 Å². The first-order valence-corrected chi connectivity index (χ1v) is 8.65. The molecule has 1 saturated heterocycles. The Morgan fingerprint density at radius 2 is 1.85 bits per heavy atom.